The summed E-state index contributed by atoms with van der Waals surface area (Å²) in [5, 5.41) is 12.4. The normalized spacial score (nSPS) is 23.9. The van der Waals surface area contributed by atoms with Crippen molar-refractivity contribution in [3.05, 3.63) is 71.0 Å². The number of piperidine rings is 1. The molecular formula is C27H30FN3O3. The number of benzene rings is 1. The summed E-state index contributed by atoms with van der Waals surface area (Å²) in [6.07, 6.45) is 8.01. The number of anilines is 1. The number of pyridine rings is 1. The van der Waals surface area contributed by atoms with E-state index < -0.39 is 11.4 Å². The van der Waals surface area contributed by atoms with Crippen molar-refractivity contribution in [3.8, 4) is 0 Å². The minimum Gasteiger partial charge on any atom is -0.482 e. The molecule has 3 aliphatic heterocycles. The third-order valence-electron chi connectivity index (χ3n) is 7.01. The second-order valence-corrected chi connectivity index (χ2v) is 9.71. The number of ether oxygens (including phenoxy) is 1. The van der Waals surface area contributed by atoms with Crippen LogP contribution in [-0.2, 0) is 16.0 Å². The molecule has 6 nitrogen and oxygen atoms in total. The SMILES string of the molecule is CC1(C)OC(=C2C(=O)Nc3cc(F)ccc32)C=C1c1ccc(CCN2CCCCC2CO)nc1. The van der Waals surface area contributed by atoms with E-state index in [4.69, 9.17) is 4.74 Å². The van der Waals surface area contributed by atoms with Gasteiger partial charge in [-0.3, -0.25) is 14.7 Å². The number of carbonyl (C=O) groups is 1. The van der Waals surface area contributed by atoms with Crippen molar-refractivity contribution < 1.29 is 19.0 Å². The topological polar surface area (TPSA) is 74.7 Å². The Morgan fingerprint density at radius 2 is 2.12 bits per heavy atom. The van der Waals surface area contributed by atoms with Crippen molar-refractivity contribution in [1.82, 2.24) is 9.88 Å². The quantitative estimate of drug-likeness (QED) is 0.652. The molecule has 7 heteroatoms. The van der Waals surface area contributed by atoms with Crippen LogP contribution in [-0.4, -0.2) is 52.2 Å². The molecule has 1 fully saturated rings. The first kappa shape index (κ1) is 22.7. The summed E-state index contributed by atoms with van der Waals surface area (Å²) in [7, 11) is 0. The summed E-state index contributed by atoms with van der Waals surface area (Å²) in [5.41, 5.74) is 3.76. The van der Waals surface area contributed by atoms with Gasteiger partial charge in [0.15, 0.2) is 0 Å². The minimum absolute atomic E-state index is 0.213. The molecule has 1 unspecified atom stereocenters. The Bertz CT molecular complexity index is 1170. The number of halogens is 1. The molecule has 0 aliphatic carbocycles. The van der Waals surface area contributed by atoms with E-state index in [0.717, 1.165) is 42.8 Å². The number of aliphatic hydroxyl groups is 1. The lowest BCUT2D eigenvalue weighted by Gasteiger charge is -2.34. The predicted octanol–water partition coefficient (Wildman–Crippen LogP) is 4.17. The lowest BCUT2D eigenvalue weighted by atomic mass is 9.93. The molecule has 1 aromatic carbocycles. The van der Waals surface area contributed by atoms with Gasteiger partial charge >= 0.3 is 0 Å². The number of aromatic nitrogens is 1. The van der Waals surface area contributed by atoms with Crippen LogP contribution in [0.3, 0.4) is 0 Å². The Morgan fingerprint density at radius 1 is 1.26 bits per heavy atom. The summed E-state index contributed by atoms with van der Waals surface area (Å²) in [6.45, 7) is 6.06. The Balaban J connectivity index is 1.37. The number of hydrogen-bond acceptors (Lipinski definition) is 5. The highest BCUT2D eigenvalue weighted by atomic mass is 19.1. The Hall–Kier alpha value is -3.03. The number of fused-ring (bicyclic) bond motifs is 1. The van der Waals surface area contributed by atoms with Gasteiger partial charge in [-0.05, 0) is 63.6 Å². The summed E-state index contributed by atoms with van der Waals surface area (Å²) in [4.78, 5) is 19.7. The van der Waals surface area contributed by atoms with Crippen LogP contribution < -0.4 is 5.32 Å². The van der Waals surface area contributed by atoms with Crippen molar-refractivity contribution in [3.63, 3.8) is 0 Å². The van der Waals surface area contributed by atoms with Gasteiger partial charge in [-0.1, -0.05) is 12.5 Å². The van der Waals surface area contributed by atoms with Crippen LogP contribution in [0.25, 0.3) is 11.1 Å². The van der Waals surface area contributed by atoms with Gasteiger partial charge in [0.1, 0.15) is 17.2 Å². The van der Waals surface area contributed by atoms with Gasteiger partial charge in [-0.2, -0.15) is 0 Å². The molecule has 2 N–H and O–H groups in total. The first-order chi connectivity index (χ1) is 16.4. The maximum atomic E-state index is 13.6. The Kier molecular flexibility index (Phi) is 6.00. The fourth-order valence-electron chi connectivity index (χ4n) is 5.16. The molecule has 1 amide bonds. The highest BCUT2D eigenvalue weighted by molar-refractivity contribution is 6.32. The van der Waals surface area contributed by atoms with Gasteiger partial charge < -0.3 is 15.2 Å². The maximum absolute atomic E-state index is 13.6. The maximum Gasteiger partial charge on any atom is 0.260 e. The van der Waals surface area contributed by atoms with Crippen molar-refractivity contribution in [2.45, 2.75) is 51.2 Å². The summed E-state index contributed by atoms with van der Waals surface area (Å²) in [5.74, 6) is -0.212. The number of rotatable bonds is 5. The van der Waals surface area contributed by atoms with Gasteiger partial charge in [0, 0.05) is 47.6 Å². The molecule has 1 atom stereocenters. The highest BCUT2D eigenvalue weighted by Gasteiger charge is 2.38. The van der Waals surface area contributed by atoms with E-state index in [9.17, 15) is 14.3 Å². The second kappa shape index (κ2) is 8.96. The fraction of sp³-hybridized carbons (Fsp3) is 0.407. The molecule has 3 aliphatic rings. The van der Waals surface area contributed by atoms with E-state index >= 15 is 0 Å². The zero-order chi connectivity index (χ0) is 23.9. The summed E-state index contributed by atoms with van der Waals surface area (Å²) >= 11 is 0. The molecular weight excluding hydrogens is 433 g/mol. The van der Waals surface area contributed by atoms with Gasteiger partial charge in [0.05, 0.1) is 17.9 Å². The number of nitrogens with zero attached hydrogens (tertiary/aromatic N) is 2. The monoisotopic (exact) mass is 463 g/mol. The molecule has 0 bridgehead atoms. The van der Waals surface area contributed by atoms with Crippen LogP contribution in [0.2, 0.25) is 0 Å². The molecule has 0 spiro atoms. The fourth-order valence-corrected chi connectivity index (χ4v) is 5.16. The Labute approximate surface area is 199 Å². The largest absolute Gasteiger partial charge is 0.482 e. The van der Waals surface area contributed by atoms with Gasteiger partial charge in [-0.25, -0.2) is 4.39 Å². The molecule has 1 aromatic heterocycles. The van der Waals surface area contributed by atoms with Crippen molar-refractivity contribution in [2.75, 3.05) is 25.0 Å². The minimum atomic E-state index is -0.642. The van der Waals surface area contributed by atoms with Gasteiger partial charge in [-0.15, -0.1) is 0 Å². The van der Waals surface area contributed by atoms with Crippen LogP contribution in [0.15, 0.2) is 48.4 Å². The lowest BCUT2D eigenvalue weighted by molar-refractivity contribution is -0.111. The number of hydrogen-bond donors (Lipinski definition) is 2. The van der Waals surface area contributed by atoms with Crippen LogP contribution in [0.5, 0.6) is 0 Å². The number of carbonyl (C=O) groups excluding carboxylic acids is 1. The molecule has 1 saturated heterocycles. The summed E-state index contributed by atoms with van der Waals surface area (Å²) < 4.78 is 19.8. The predicted molar refractivity (Wildman–Crippen MR) is 129 cm³/mol. The zero-order valence-corrected chi connectivity index (χ0v) is 19.6. The Morgan fingerprint density at radius 3 is 2.88 bits per heavy atom. The summed E-state index contributed by atoms with van der Waals surface area (Å²) in [6, 6.07) is 8.61. The van der Waals surface area contributed by atoms with E-state index in [1.807, 2.05) is 38.3 Å². The lowest BCUT2D eigenvalue weighted by Crippen LogP contribution is -2.42. The van der Waals surface area contributed by atoms with E-state index in [1.54, 1.807) is 6.07 Å². The third kappa shape index (κ3) is 4.26. The van der Waals surface area contributed by atoms with Crippen LogP contribution in [0.1, 0.15) is 49.9 Å². The molecule has 178 valence electrons. The van der Waals surface area contributed by atoms with E-state index in [0.29, 0.717) is 22.6 Å². The first-order valence-electron chi connectivity index (χ1n) is 11.9. The van der Waals surface area contributed by atoms with Crippen molar-refractivity contribution in [1.29, 1.82) is 0 Å². The molecule has 0 radical (unpaired) electrons. The molecule has 4 heterocycles. The van der Waals surface area contributed by atoms with Crippen molar-refractivity contribution >= 4 is 22.7 Å². The third-order valence-corrected chi connectivity index (χ3v) is 7.01. The van der Waals surface area contributed by atoms with E-state index in [2.05, 4.69) is 15.2 Å². The standard InChI is InChI=1S/C27H30FN3O3/c1-27(2)22(14-24(34-27)25-21-9-7-18(28)13-23(21)30-26(25)33)17-6-8-19(29-15-17)10-12-31-11-4-3-5-20(31)16-32/h6-9,13-15,20,32H,3-5,10-12,16H2,1-2H3,(H,30,33). The number of aliphatic hydroxyl groups excluding tert-OH is 1. The smallest absolute Gasteiger partial charge is 0.260 e. The van der Waals surface area contributed by atoms with Gasteiger partial charge in [0.25, 0.3) is 5.91 Å². The number of likely N-dealkylation sites (tertiary alicyclic amines) is 1. The highest BCUT2D eigenvalue weighted by Crippen LogP contribution is 2.44. The number of nitrogens with one attached hydrogen (secondary N) is 1. The average Bonchev–Trinajstić information content (AvgIpc) is 3.32. The molecule has 5 rings (SSSR count). The number of allylic oxidation sites excluding steroid dienone is 1. The van der Waals surface area contributed by atoms with E-state index in [-0.39, 0.29) is 18.6 Å². The van der Waals surface area contributed by atoms with Gasteiger partial charge in [0.2, 0.25) is 0 Å². The van der Waals surface area contributed by atoms with Crippen LogP contribution >= 0.6 is 0 Å². The zero-order valence-electron chi connectivity index (χ0n) is 19.6. The average molecular weight is 464 g/mol. The van der Waals surface area contributed by atoms with Crippen molar-refractivity contribution in [2.24, 2.45) is 0 Å². The first-order valence-corrected chi connectivity index (χ1v) is 11.9. The molecule has 2 aromatic rings. The second-order valence-electron chi connectivity index (χ2n) is 9.71. The number of amides is 1. The van der Waals surface area contributed by atoms with E-state index in [1.165, 1.54) is 25.0 Å². The van der Waals surface area contributed by atoms with Crippen LogP contribution in [0.4, 0.5) is 10.1 Å². The molecule has 0 saturated carbocycles. The molecule has 34 heavy (non-hydrogen) atoms. The van der Waals surface area contributed by atoms with Crippen LogP contribution in [0, 0.1) is 5.82 Å².